The summed E-state index contributed by atoms with van der Waals surface area (Å²) >= 11 is 4.38. The molecule has 2 atom stereocenters. The number of hydrogen-bond acceptors (Lipinski definition) is 3. The van der Waals surface area contributed by atoms with E-state index in [9.17, 15) is 0 Å². The number of nitrogens with one attached hydrogen (secondary N) is 1. The number of thioether (sulfide) groups is 2. The minimum Gasteiger partial charge on any atom is -0.313 e. The molecule has 1 saturated heterocycles. The minimum atomic E-state index is 0.783. The van der Waals surface area contributed by atoms with E-state index in [2.05, 4.69) is 42.7 Å². The number of hydrogen-bond donors (Lipinski definition) is 1. The van der Waals surface area contributed by atoms with Crippen LogP contribution >= 0.6 is 23.5 Å². The molecule has 2 fully saturated rings. The zero-order valence-electron chi connectivity index (χ0n) is 11.3. The van der Waals surface area contributed by atoms with Crippen LogP contribution in [0.4, 0.5) is 0 Å². The van der Waals surface area contributed by atoms with E-state index in [-0.39, 0.29) is 0 Å². The molecule has 1 nitrogen and oxygen atoms in total. The smallest absolute Gasteiger partial charge is 0.0294 e. The zero-order chi connectivity index (χ0) is 12.1. The van der Waals surface area contributed by atoms with Crippen LogP contribution in [0.5, 0.6) is 0 Å². The lowest BCUT2D eigenvalue weighted by Gasteiger charge is -2.38. The second-order valence-corrected chi connectivity index (χ2v) is 8.08. The van der Waals surface area contributed by atoms with E-state index in [1.54, 1.807) is 0 Å². The zero-order valence-corrected chi connectivity index (χ0v) is 12.9. The van der Waals surface area contributed by atoms with Crippen molar-refractivity contribution in [2.24, 2.45) is 11.8 Å². The molecule has 100 valence electrons. The Morgan fingerprint density at radius 2 is 1.94 bits per heavy atom. The fraction of sp³-hybridized carbons (Fsp3) is 1.00. The van der Waals surface area contributed by atoms with Gasteiger partial charge < -0.3 is 5.32 Å². The molecule has 0 radical (unpaired) electrons. The van der Waals surface area contributed by atoms with Crippen molar-refractivity contribution in [1.82, 2.24) is 5.32 Å². The van der Waals surface area contributed by atoms with E-state index in [1.165, 1.54) is 42.9 Å². The highest BCUT2D eigenvalue weighted by Gasteiger charge is 2.32. The summed E-state index contributed by atoms with van der Waals surface area (Å²) < 4.78 is 0. The first-order valence-corrected chi connectivity index (χ1v) is 9.44. The molecule has 0 aromatic rings. The first-order valence-electron chi connectivity index (χ1n) is 7.24. The Bertz CT molecular complexity index is 208. The van der Waals surface area contributed by atoms with Gasteiger partial charge in [-0.1, -0.05) is 26.7 Å². The standard InChI is InChI=1S/C14H27NS2/c1-3-15-14(13-10-16-8-9-17-13)12-6-4-11(2)5-7-12/h11-15H,3-10H2,1-2H3. The van der Waals surface area contributed by atoms with E-state index in [0.29, 0.717) is 0 Å². The molecule has 17 heavy (non-hydrogen) atoms. The van der Waals surface area contributed by atoms with Crippen molar-refractivity contribution < 1.29 is 0 Å². The second-order valence-electron chi connectivity index (χ2n) is 5.59. The predicted molar refractivity (Wildman–Crippen MR) is 82.2 cm³/mol. The maximum Gasteiger partial charge on any atom is 0.0294 e. The van der Waals surface area contributed by atoms with Crippen LogP contribution in [0.15, 0.2) is 0 Å². The Labute approximate surface area is 115 Å². The summed E-state index contributed by atoms with van der Waals surface area (Å²) in [5, 5.41) is 4.67. The lowest BCUT2D eigenvalue weighted by Crippen LogP contribution is -2.47. The van der Waals surface area contributed by atoms with Gasteiger partial charge in [0.25, 0.3) is 0 Å². The topological polar surface area (TPSA) is 12.0 Å². The first kappa shape index (κ1) is 14.1. The van der Waals surface area contributed by atoms with Crippen LogP contribution in [0, 0.1) is 11.8 Å². The maximum absolute atomic E-state index is 3.80. The Morgan fingerprint density at radius 3 is 2.53 bits per heavy atom. The van der Waals surface area contributed by atoms with Crippen molar-refractivity contribution in [3.8, 4) is 0 Å². The van der Waals surface area contributed by atoms with Crippen molar-refractivity contribution in [2.75, 3.05) is 23.8 Å². The van der Waals surface area contributed by atoms with Crippen LogP contribution in [0.25, 0.3) is 0 Å². The van der Waals surface area contributed by atoms with Gasteiger partial charge in [-0.3, -0.25) is 0 Å². The fourth-order valence-electron chi connectivity index (χ4n) is 3.20. The highest BCUT2D eigenvalue weighted by atomic mass is 32.2. The summed E-state index contributed by atoms with van der Waals surface area (Å²) in [5.74, 6) is 6.01. The van der Waals surface area contributed by atoms with Gasteiger partial charge in [0.2, 0.25) is 0 Å². The van der Waals surface area contributed by atoms with E-state index in [4.69, 9.17) is 0 Å². The predicted octanol–water partition coefficient (Wildman–Crippen LogP) is 3.64. The van der Waals surface area contributed by atoms with Gasteiger partial charge in [-0.25, -0.2) is 0 Å². The third kappa shape index (κ3) is 4.07. The largest absolute Gasteiger partial charge is 0.313 e. The van der Waals surface area contributed by atoms with Crippen molar-refractivity contribution in [3.63, 3.8) is 0 Å². The van der Waals surface area contributed by atoms with Crippen molar-refractivity contribution in [2.45, 2.75) is 50.8 Å². The Hall–Kier alpha value is 0.660. The van der Waals surface area contributed by atoms with Gasteiger partial charge in [0.15, 0.2) is 0 Å². The molecule has 0 bridgehead atoms. The van der Waals surface area contributed by atoms with Crippen molar-refractivity contribution in [3.05, 3.63) is 0 Å². The van der Waals surface area contributed by atoms with Gasteiger partial charge in [-0.15, -0.1) is 0 Å². The van der Waals surface area contributed by atoms with E-state index in [0.717, 1.165) is 29.7 Å². The average Bonchev–Trinajstić information content (AvgIpc) is 2.38. The molecule has 0 amide bonds. The fourth-order valence-corrected chi connectivity index (χ4v) is 6.16. The van der Waals surface area contributed by atoms with Crippen LogP contribution in [0.3, 0.4) is 0 Å². The Morgan fingerprint density at radius 1 is 1.18 bits per heavy atom. The highest BCUT2D eigenvalue weighted by Crippen LogP contribution is 2.36. The van der Waals surface area contributed by atoms with Gasteiger partial charge in [0, 0.05) is 28.6 Å². The lowest BCUT2D eigenvalue weighted by atomic mass is 9.78. The average molecular weight is 274 g/mol. The van der Waals surface area contributed by atoms with Crippen molar-refractivity contribution >= 4 is 23.5 Å². The molecule has 0 spiro atoms. The van der Waals surface area contributed by atoms with Gasteiger partial charge in [0.1, 0.15) is 0 Å². The summed E-state index contributed by atoms with van der Waals surface area (Å²) in [6.45, 7) is 5.82. The quantitative estimate of drug-likeness (QED) is 0.840. The maximum atomic E-state index is 3.80. The summed E-state index contributed by atoms with van der Waals surface area (Å²) in [4.78, 5) is 0. The summed E-state index contributed by atoms with van der Waals surface area (Å²) in [6, 6.07) is 0.783. The third-order valence-electron chi connectivity index (χ3n) is 4.25. The molecular weight excluding hydrogens is 246 g/mol. The molecule has 0 aromatic carbocycles. The minimum absolute atomic E-state index is 0.783. The first-order chi connectivity index (χ1) is 8.31. The van der Waals surface area contributed by atoms with E-state index in [1.807, 2.05) is 0 Å². The van der Waals surface area contributed by atoms with Gasteiger partial charge in [-0.05, 0) is 31.2 Å². The van der Waals surface area contributed by atoms with Gasteiger partial charge in [-0.2, -0.15) is 23.5 Å². The third-order valence-corrected chi connectivity index (χ3v) is 7.14. The molecular formula is C14H27NS2. The molecule has 3 heteroatoms. The SMILES string of the molecule is CCNC(C1CCC(C)CC1)C1CSCCS1. The van der Waals surface area contributed by atoms with Gasteiger partial charge >= 0.3 is 0 Å². The summed E-state index contributed by atoms with van der Waals surface area (Å²) in [5.41, 5.74) is 0. The van der Waals surface area contributed by atoms with Crippen LogP contribution < -0.4 is 5.32 Å². The van der Waals surface area contributed by atoms with Crippen LogP contribution in [-0.2, 0) is 0 Å². The molecule has 1 aliphatic heterocycles. The molecule has 1 saturated carbocycles. The molecule has 2 rings (SSSR count). The van der Waals surface area contributed by atoms with Crippen LogP contribution in [0.2, 0.25) is 0 Å². The van der Waals surface area contributed by atoms with E-state index >= 15 is 0 Å². The molecule has 1 N–H and O–H groups in total. The Kier molecular flexibility index (Phi) is 6.04. The monoisotopic (exact) mass is 273 g/mol. The van der Waals surface area contributed by atoms with Crippen LogP contribution in [-0.4, -0.2) is 35.1 Å². The lowest BCUT2D eigenvalue weighted by molar-refractivity contribution is 0.231. The summed E-state index contributed by atoms with van der Waals surface area (Å²) in [6.07, 6.45) is 5.83. The van der Waals surface area contributed by atoms with Gasteiger partial charge in [0.05, 0.1) is 0 Å². The van der Waals surface area contributed by atoms with E-state index < -0.39 is 0 Å². The Balaban J connectivity index is 1.90. The van der Waals surface area contributed by atoms with Crippen molar-refractivity contribution in [1.29, 1.82) is 0 Å². The summed E-state index contributed by atoms with van der Waals surface area (Å²) in [7, 11) is 0. The highest BCUT2D eigenvalue weighted by molar-refractivity contribution is 8.06. The molecule has 0 aromatic heterocycles. The van der Waals surface area contributed by atoms with Crippen LogP contribution in [0.1, 0.15) is 39.5 Å². The molecule has 2 unspecified atom stereocenters. The number of rotatable bonds is 4. The normalized spacial score (nSPS) is 36.7. The molecule has 1 aliphatic carbocycles. The molecule has 2 aliphatic rings. The molecule has 1 heterocycles. The second kappa shape index (κ2) is 7.30.